The molecule has 1 aliphatic carbocycles. The van der Waals surface area contributed by atoms with E-state index in [1.807, 2.05) is 30.7 Å². The maximum atomic E-state index is 14.3. The van der Waals surface area contributed by atoms with Gasteiger partial charge in [-0.3, -0.25) is 0 Å². The Labute approximate surface area is 223 Å². The first-order valence-corrected chi connectivity index (χ1v) is 13.4. The number of hydrogen-bond acceptors (Lipinski definition) is 2. The van der Waals surface area contributed by atoms with Crippen LogP contribution >= 0.6 is 0 Å². The third kappa shape index (κ3) is 4.07. The summed E-state index contributed by atoms with van der Waals surface area (Å²) in [5, 5.41) is 11.9. The highest BCUT2D eigenvalue weighted by molar-refractivity contribution is 6.14. The summed E-state index contributed by atoms with van der Waals surface area (Å²) < 4.78 is 22.8. The average Bonchev–Trinajstić information content (AvgIpc) is 3.28. The van der Waals surface area contributed by atoms with Crippen LogP contribution in [0, 0.1) is 29.5 Å². The molecule has 6 rings (SSSR count). The van der Waals surface area contributed by atoms with Gasteiger partial charge in [0.1, 0.15) is 24.0 Å². The highest BCUT2D eigenvalue weighted by Crippen LogP contribution is 2.44. The van der Waals surface area contributed by atoms with Gasteiger partial charge in [0, 0.05) is 28.5 Å². The van der Waals surface area contributed by atoms with Gasteiger partial charge in [0.25, 0.3) is 0 Å². The Kier molecular flexibility index (Phi) is 5.83. The molecule has 0 radical (unpaired) electrons. The molecule has 0 amide bonds. The molecule has 0 bridgehead atoms. The minimum Gasteiger partial charge on any atom is -0.454 e. The van der Waals surface area contributed by atoms with Gasteiger partial charge in [-0.15, -0.1) is 0 Å². The molecule has 1 aliphatic rings. The SMILES string of the molecule is Cc1ccc2c(oc3c(-c4ccc(C5CCC(C)(C)CC5)cc4)c(C#N)ccc32)c1-c1cc(F)cc[n+]1C. The number of aryl methyl sites for hydroxylation is 2. The highest BCUT2D eigenvalue weighted by Gasteiger charge is 2.28. The number of halogens is 1. The van der Waals surface area contributed by atoms with E-state index in [0.29, 0.717) is 28.1 Å². The monoisotopic (exact) mass is 503 g/mol. The Hall–Kier alpha value is -3.97. The van der Waals surface area contributed by atoms with Gasteiger partial charge in [-0.1, -0.05) is 50.2 Å². The zero-order valence-electron chi connectivity index (χ0n) is 22.4. The minimum absolute atomic E-state index is 0.292. The van der Waals surface area contributed by atoms with Gasteiger partial charge >= 0.3 is 0 Å². The van der Waals surface area contributed by atoms with Crippen LogP contribution in [0.4, 0.5) is 4.39 Å². The highest BCUT2D eigenvalue weighted by atomic mass is 19.1. The molecular formula is C34H32FN2O+. The molecule has 0 saturated heterocycles. The van der Waals surface area contributed by atoms with Crippen LogP contribution in [0.5, 0.6) is 0 Å². The molecule has 4 heteroatoms. The average molecular weight is 504 g/mol. The fraction of sp³-hybridized carbons (Fsp3) is 0.294. The summed E-state index contributed by atoms with van der Waals surface area (Å²) >= 11 is 0. The third-order valence-corrected chi connectivity index (χ3v) is 8.52. The van der Waals surface area contributed by atoms with Gasteiger partial charge in [-0.2, -0.15) is 5.26 Å². The summed E-state index contributed by atoms with van der Waals surface area (Å²) in [4.78, 5) is 0. The Morgan fingerprint density at radius 3 is 2.26 bits per heavy atom. The van der Waals surface area contributed by atoms with Crippen LogP contribution in [0.1, 0.15) is 62.1 Å². The molecule has 3 aromatic carbocycles. The molecular weight excluding hydrogens is 471 g/mol. The number of benzene rings is 3. The molecule has 2 heterocycles. The largest absolute Gasteiger partial charge is 0.454 e. The smallest absolute Gasteiger partial charge is 0.219 e. The molecule has 5 aromatic rings. The van der Waals surface area contributed by atoms with E-state index in [-0.39, 0.29) is 5.82 Å². The van der Waals surface area contributed by atoms with E-state index in [0.717, 1.165) is 38.7 Å². The first-order valence-electron chi connectivity index (χ1n) is 13.4. The number of pyridine rings is 1. The van der Waals surface area contributed by atoms with Crippen LogP contribution in [-0.4, -0.2) is 0 Å². The molecule has 0 aliphatic heterocycles. The lowest BCUT2D eigenvalue weighted by Crippen LogP contribution is -2.30. The molecule has 1 saturated carbocycles. The molecule has 38 heavy (non-hydrogen) atoms. The maximum absolute atomic E-state index is 14.3. The second kappa shape index (κ2) is 9.10. The number of rotatable bonds is 3. The fourth-order valence-electron chi connectivity index (χ4n) is 6.15. The van der Waals surface area contributed by atoms with Crippen molar-refractivity contribution in [3.63, 3.8) is 0 Å². The zero-order valence-corrected chi connectivity index (χ0v) is 22.4. The van der Waals surface area contributed by atoms with Crippen molar-refractivity contribution in [3.8, 4) is 28.5 Å². The quantitative estimate of drug-likeness (QED) is 0.231. The second-order valence-corrected chi connectivity index (χ2v) is 11.6. The first-order chi connectivity index (χ1) is 18.3. The standard InChI is InChI=1S/C34H32FN2O/c1-21-5-11-27-28-12-10-25(20-36)31(24-8-6-22(7-9-24)23-13-16-34(2,3)17-14-23)33(28)38-32(27)30(21)29-19-26(35)15-18-37(29)4/h5-12,15,18-19,23H,13-14,16-17H2,1-4H3/q+1. The predicted molar refractivity (Wildman–Crippen MR) is 150 cm³/mol. The molecule has 3 nitrogen and oxygen atoms in total. The van der Waals surface area contributed by atoms with E-state index >= 15 is 0 Å². The van der Waals surface area contributed by atoms with E-state index in [4.69, 9.17) is 4.42 Å². The number of hydrogen-bond donors (Lipinski definition) is 0. The van der Waals surface area contributed by atoms with Crippen LogP contribution in [0.3, 0.4) is 0 Å². The minimum atomic E-state index is -0.292. The summed E-state index contributed by atoms with van der Waals surface area (Å²) in [5.74, 6) is 0.298. The Balaban J connectivity index is 1.51. The van der Waals surface area contributed by atoms with E-state index in [1.165, 1.54) is 37.3 Å². The Morgan fingerprint density at radius 2 is 1.58 bits per heavy atom. The lowest BCUT2D eigenvalue weighted by molar-refractivity contribution is -0.660. The summed E-state index contributed by atoms with van der Waals surface area (Å²) in [6.07, 6.45) is 6.66. The third-order valence-electron chi connectivity index (χ3n) is 8.52. The number of fused-ring (bicyclic) bond motifs is 3. The first kappa shape index (κ1) is 24.4. The molecule has 190 valence electrons. The van der Waals surface area contributed by atoms with E-state index in [9.17, 15) is 9.65 Å². The Morgan fingerprint density at radius 1 is 0.921 bits per heavy atom. The predicted octanol–water partition coefficient (Wildman–Crippen LogP) is 8.75. The molecule has 0 spiro atoms. The van der Waals surface area contributed by atoms with Crippen molar-refractivity contribution < 1.29 is 13.4 Å². The molecule has 2 aromatic heterocycles. The van der Waals surface area contributed by atoms with Crippen molar-refractivity contribution in [3.05, 3.63) is 89.4 Å². The van der Waals surface area contributed by atoms with Crippen molar-refractivity contribution in [1.29, 1.82) is 5.26 Å². The lowest BCUT2D eigenvalue weighted by atomic mass is 9.71. The van der Waals surface area contributed by atoms with Gasteiger partial charge in [0.05, 0.1) is 17.2 Å². The van der Waals surface area contributed by atoms with Crippen LogP contribution < -0.4 is 4.57 Å². The van der Waals surface area contributed by atoms with E-state index < -0.39 is 0 Å². The Bertz CT molecular complexity index is 1730. The topological polar surface area (TPSA) is 40.8 Å². The molecule has 1 fully saturated rings. The van der Waals surface area contributed by atoms with Crippen molar-refractivity contribution in [1.82, 2.24) is 0 Å². The van der Waals surface area contributed by atoms with Crippen molar-refractivity contribution in [2.24, 2.45) is 12.5 Å². The van der Waals surface area contributed by atoms with E-state index in [1.54, 1.807) is 12.3 Å². The fourth-order valence-corrected chi connectivity index (χ4v) is 6.15. The maximum Gasteiger partial charge on any atom is 0.219 e. The van der Waals surface area contributed by atoms with Gasteiger partial charge in [-0.25, -0.2) is 8.96 Å². The molecule has 0 atom stereocenters. The molecule has 0 N–H and O–H groups in total. The number of aromatic nitrogens is 1. The van der Waals surface area contributed by atoms with E-state index in [2.05, 4.69) is 56.3 Å². The van der Waals surface area contributed by atoms with Crippen LogP contribution in [0.15, 0.2) is 71.3 Å². The van der Waals surface area contributed by atoms with Gasteiger partial charge < -0.3 is 4.42 Å². The lowest BCUT2D eigenvalue weighted by Gasteiger charge is -2.34. The number of nitriles is 1. The van der Waals surface area contributed by atoms with Gasteiger partial charge in [-0.05, 0) is 72.8 Å². The normalized spacial score (nSPS) is 15.7. The van der Waals surface area contributed by atoms with Gasteiger partial charge in [0.2, 0.25) is 5.69 Å². The van der Waals surface area contributed by atoms with Crippen LogP contribution in [-0.2, 0) is 7.05 Å². The van der Waals surface area contributed by atoms with Gasteiger partial charge in [0.15, 0.2) is 6.20 Å². The van der Waals surface area contributed by atoms with Crippen molar-refractivity contribution in [2.75, 3.05) is 0 Å². The summed E-state index contributed by atoms with van der Waals surface area (Å²) in [5.41, 5.74) is 8.18. The summed E-state index contributed by atoms with van der Waals surface area (Å²) in [6, 6.07) is 22.0. The molecule has 0 unspecified atom stereocenters. The van der Waals surface area contributed by atoms with Crippen LogP contribution in [0.25, 0.3) is 44.3 Å². The second-order valence-electron chi connectivity index (χ2n) is 11.6. The summed E-state index contributed by atoms with van der Waals surface area (Å²) in [7, 11) is 1.91. The zero-order chi connectivity index (χ0) is 26.6. The van der Waals surface area contributed by atoms with Crippen molar-refractivity contribution in [2.45, 2.75) is 52.4 Å². The number of nitrogens with zero attached hydrogens (tertiary/aromatic N) is 2. The van der Waals surface area contributed by atoms with Crippen molar-refractivity contribution >= 4 is 21.9 Å². The van der Waals surface area contributed by atoms with Crippen LogP contribution in [0.2, 0.25) is 0 Å². The summed E-state index contributed by atoms with van der Waals surface area (Å²) in [6.45, 7) is 6.75. The number of furan rings is 1.